The molecule has 16 heteroatoms. The Bertz CT molecular complexity index is 1140. The summed E-state index contributed by atoms with van der Waals surface area (Å²) in [6.07, 6.45) is 0. The lowest BCUT2D eigenvalue weighted by Crippen LogP contribution is -2.41. The van der Waals surface area contributed by atoms with Gasteiger partial charge in [0.25, 0.3) is 0 Å². The number of nitrogens with one attached hydrogen (secondary N) is 6. The molecule has 0 radical (unpaired) electrons. The zero-order valence-electron chi connectivity index (χ0n) is 27.8. The molecule has 4 atom stereocenters. The van der Waals surface area contributed by atoms with Crippen LogP contribution in [0.4, 0.5) is 0 Å². The highest BCUT2D eigenvalue weighted by Gasteiger charge is 2.27. The van der Waals surface area contributed by atoms with Gasteiger partial charge >= 0.3 is 23.9 Å². The van der Waals surface area contributed by atoms with Gasteiger partial charge in [0.1, 0.15) is 24.2 Å². The van der Waals surface area contributed by atoms with Gasteiger partial charge in [-0.2, -0.15) is 0 Å². The van der Waals surface area contributed by atoms with Gasteiger partial charge < -0.3 is 30.4 Å². The van der Waals surface area contributed by atoms with E-state index in [1.165, 1.54) is 0 Å². The predicted octanol–water partition coefficient (Wildman–Crippen LogP) is 1.60. The number of nitrogens with zero attached hydrogens (tertiary/aromatic N) is 2. The third kappa shape index (κ3) is 10.6. The number of hydrogen-bond donors (Lipinski definition) is 10. The summed E-state index contributed by atoms with van der Waals surface area (Å²) >= 11 is 0. The largest absolute Gasteiger partial charge is 0.480 e. The van der Waals surface area contributed by atoms with Crippen molar-refractivity contribution in [3.63, 3.8) is 0 Å². The Morgan fingerprint density at radius 1 is 0.500 bits per heavy atom. The Morgan fingerprint density at radius 2 is 0.739 bits per heavy atom. The third-order valence-electron chi connectivity index (χ3n) is 7.66. The zero-order valence-corrected chi connectivity index (χ0v) is 27.8. The fourth-order valence-corrected chi connectivity index (χ4v) is 4.97. The summed E-state index contributed by atoms with van der Waals surface area (Å²) in [5.41, 5.74) is 1.95. The van der Waals surface area contributed by atoms with E-state index in [1.54, 1.807) is 55.4 Å². The van der Waals surface area contributed by atoms with Crippen LogP contribution in [0.15, 0.2) is 0 Å². The van der Waals surface area contributed by atoms with Crippen molar-refractivity contribution in [1.29, 1.82) is 0 Å². The van der Waals surface area contributed by atoms with Gasteiger partial charge in [0.05, 0.1) is 22.8 Å². The van der Waals surface area contributed by atoms with Crippen molar-refractivity contribution < 1.29 is 39.6 Å². The molecule has 0 saturated heterocycles. The van der Waals surface area contributed by atoms with E-state index in [9.17, 15) is 39.6 Å². The molecule has 0 aliphatic heterocycles. The van der Waals surface area contributed by atoms with E-state index in [-0.39, 0.29) is 61.5 Å². The summed E-state index contributed by atoms with van der Waals surface area (Å²) in [5.74, 6) is -4.35. The molecule has 0 aliphatic rings. The van der Waals surface area contributed by atoms with Gasteiger partial charge in [-0.1, -0.05) is 55.4 Å². The molecule has 0 saturated carbocycles. The first kappa shape index (κ1) is 38.3. The molecule has 0 spiro atoms. The van der Waals surface area contributed by atoms with Gasteiger partial charge in [0.2, 0.25) is 0 Å². The fourth-order valence-electron chi connectivity index (χ4n) is 4.97. The molecule has 0 fully saturated rings. The number of imidazole rings is 2. The van der Waals surface area contributed by atoms with Crippen LogP contribution in [0.2, 0.25) is 0 Å². The topological polar surface area (TPSA) is 255 Å². The van der Waals surface area contributed by atoms with E-state index in [1.807, 2.05) is 0 Å². The van der Waals surface area contributed by atoms with E-state index >= 15 is 0 Å². The number of carboxylic acid groups (broad SMARTS) is 4. The van der Waals surface area contributed by atoms with Crippen LogP contribution in [-0.4, -0.2) is 88.4 Å². The first-order valence-electron chi connectivity index (χ1n) is 15.4. The van der Waals surface area contributed by atoms with Crippen molar-refractivity contribution in [2.45, 2.75) is 106 Å². The highest BCUT2D eigenvalue weighted by atomic mass is 16.4. The van der Waals surface area contributed by atoms with Crippen LogP contribution in [0.25, 0.3) is 11.6 Å². The highest BCUT2D eigenvalue weighted by Crippen LogP contribution is 2.20. The first-order chi connectivity index (χ1) is 21.4. The van der Waals surface area contributed by atoms with Crippen LogP contribution in [0.5, 0.6) is 0 Å². The Kier molecular flexibility index (Phi) is 14.3. The molecule has 2 aromatic heterocycles. The van der Waals surface area contributed by atoms with Gasteiger partial charge in [0.15, 0.2) is 11.6 Å². The van der Waals surface area contributed by atoms with Gasteiger partial charge in [-0.25, -0.2) is 9.97 Å². The maximum absolute atomic E-state index is 11.8. The maximum Gasteiger partial charge on any atom is 0.320 e. The quantitative estimate of drug-likeness (QED) is 0.0921. The summed E-state index contributed by atoms with van der Waals surface area (Å²) in [6.45, 7) is 14.5. The second-order valence-electron chi connectivity index (χ2n) is 12.8. The van der Waals surface area contributed by atoms with Gasteiger partial charge in [-0.3, -0.25) is 40.4 Å². The molecule has 0 unspecified atom stereocenters. The third-order valence-corrected chi connectivity index (χ3v) is 7.66. The van der Waals surface area contributed by atoms with Crippen molar-refractivity contribution in [2.24, 2.45) is 23.7 Å². The van der Waals surface area contributed by atoms with Gasteiger partial charge in [0, 0.05) is 26.2 Å². The SMILES string of the molecule is CC(C)[C@H](NCc1nc(-c2nc(CN[C@H](C(=O)O)C(C)C)c(CN[C@H](C(=O)O)C(C)C)[nH]2)[nH]c1CN[C@H](C(=O)O)C(C)C)C(=O)O. The number of rotatable bonds is 21. The van der Waals surface area contributed by atoms with Gasteiger partial charge in [-0.05, 0) is 23.7 Å². The smallest absolute Gasteiger partial charge is 0.320 e. The molecule has 0 aliphatic carbocycles. The Morgan fingerprint density at radius 3 is 0.957 bits per heavy atom. The average Bonchev–Trinajstić information content (AvgIpc) is 3.51. The molecule has 258 valence electrons. The van der Waals surface area contributed by atoms with Crippen LogP contribution in [-0.2, 0) is 45.4 Å². The molecule has 2 heterocycles. The van der Waals surface area contributed by atoms with Crippen LogP contribution in [0.1, 0.15) is 78.2 Å². The Balaban J connectivity index is 2.53. The zero-order chi connectivity index (χ0) is 34.9. The maximum atomic E-state index is 11.8. The lowest BCUT2D eigenvalue weighted by Gasteiger charge is -2.19. The number of carboxylic acids is 4. The van der Waals surface area contributed by atoms with Crippen molar-refractivity contribution >= 4 is 23.9 Å². The molecular formula is C30H50N8O8. The van der Waals surface area contributed by atoms with Crippen LogP contribution >= 0.6 is 0 Å². The molecule has 0 amide bonds. The lowest BCUT2D eigenvalue weighted by atomic mass is 10.0. The minimum Gasteiger partial charge on any atom is -0.480 e. The number of hydrogen-bond acceptors (Lipinski definition) is 10. The normalized spacial score (nSPS) is 14.6. The minimum absolute atomic E-state index is 0.0645. The second kappa shape index (κ2) is 17.2. The van der Waals surface area contributed by atoms with E-state index < -0.39 is 48.0 Å². The summed E-state index contributed by atoms with van der Waals surface area (Å²) in [7, 11) is 0. The fraction of sp³-hybridized carbons (Fsp3) is 0.667. The molecule has 2 aromatic rings. The number of H-pyrrole nitrogens is 2. The number of aromatic amines is 2. The summed E-state index contributed by atoms with van der Waals surface area (Å²) < 4.78 is 0. The molecule has 2 rings (SSSR count). The van der Waals surface area contributed by atoms with E-state index in [0.29, 0.717) is 22.8 Å². The van der Waals surface area contributed by atoms with E-state index in [2.05, 4.69) is 41.2 Å². The summed E-state index contributed by atoms with van der Waals surface area (Å²) in [6, 6.07) is -3.40. The van der Waals surface area contributed by atoms with Gasteiger partial charge in [-0.15, -0.1) is 0 Å². The number of aromatic nitrogens is 4. The van der Waals surface area contributed by atoms with E-state index in [0.717, 1.165) is 0 Å². The molecule has 0 aromatic carbocycles. The average molecular weight is 651 g/mol. The van der Waals surface area contributed by atoms with Crippen molar-refractivity contribution in [3.8, 4) is 11.6 Å². The minimum atomic E-state index is -1.02. The molecular weight excluding hydrogens is 600 g/mol. The summed E-state index contributed by atoms with van der Waals surface area (Å²) in [5, 5.41) is 50.7. The lowest BCUT2D eigenvalue weighted by molar-refractivity contribution is -0.141. The molecule has 16 nitrogen and oxygen atoms in total. The monoisotopic (exact) mass is 650 g/mol. The van der Waals surface area contributed by atoms with Crippen molar-refractivity contribution in [2.75, 3.05) is 0 Å². The Labute approximate surface area is 268 Å². The number of carbonyl (C=O) groups is 4. The summed E-state index contributed by atoms with van der Waals surface area (Å²) in [4.78, 5) is 62.9. The number of aliphatic carboxylic acids is 4. The van der Waals surface area contributed by atoms with Crippen LogP contribution in [0.3, 0.4) is 0 Å². The van der Waals surface area contributed by atoms with Crippen LogP contribution < -0.4 is 21.3 Å². The Hall–Kier alpha value is -3.86. The highest BCUT2D eigenvalue weighted by molar-refractivity contribution is 5.75. The first-order valence-corrected chi connectivity index (χ1v) is 15.4. The molecule has 10 N–H and O–H groups in total. The standard InChI is InChI=1S/C30H50N8O8/c1-13(2)21(27(39)40)31-9-17-18(10-32-22(14(3)4)28(41)42)36-25(35-17)26-37-19(11-33-23(15(5)6)29(43)44)20(38-26)12-34-24(16(7)8)30(45)46/h13-16,21-24,31-34H,9-12H2,1-8H3,(H,35,36)(H,37,38)(H,39,40)(H,41,42)(H,43,44)(H,45,46)/t21-,22-,23-,24-/m0/s1. The van der Waals surface area contributed by atoms with Crippen molar-refractivity contribution in [1.82, 2.24) is 41.2 Å². The van der Waals surface area contributed by atoms with Crippen molar-refractivity contribution in [3.05, 3.63) is 22.8 Å². The van der Waals surface area contributed by atoms with E-state index in [4.69, 9.17) is 0 Å². The van der Waals surface area contributed by atoms with Crippen LogP contribution in [0, 0.1) is 23.7 Å². The predicted molar refractivity (Wildman–Crippen MR) is 169 cm³/mol. The molecule has 0 bridgehead atoms. The second-order valence-corrected chi connectivity index (χ2v) is 12.8. The molecule has 46 heavy (non-hydrogen) atoms.